The molecule has 0 unspecified atom stereocenters. The maximum atomic E-state index is 12.5. The van der Waals surface area contributed by atoms with Crippen molar-refractivity contribution in [2.24, 2.45) is 5.92 Å². The van der Waals surface area contributed by atoms with Crippen molar-refractivity contribution in [3.8, 4) is 0 Å². The lowest BCUT2D eigenvalue weighted by Gasteiger charge is -2.17. The fraction of sp³-hybridized carbons (Fsp3) is 0.588. The molecule has 0 aliphatic heterocycles. The summed E-state index contributed by atoms with van der Waals surface area (Å²) < 4.78 is 0. The van der Waals surface area contributed by atoms with Crippen LogP contribution in [0.1, 0.15) is 44.1 Å². The summed E-state index contributed by atoms with van der Waals surface area (Å²) in [7, 11) is 0. The van der Waals surface area contributed by atoms with Crippen molar-refractivity contribution >= 4 is 39.2 Å². The molecule has 0 saturated carbocycles. The maximum Gasteiger partial charge on any atom is 0.260 e. The van der Waals surface area contributed by atoms with E-state index in [9.17, 15) is 9.59 Å². The summed E-state index contributed by atoms with van der Waals surface area (Å²) in [5.41, 5.74) is 1.12. The summed E-state index contributed by atoms with van der Waals surface area (Å²) in [4.78, 5) is 33.9. The van der Waals surface area contributed by atoms with Crippen LogP contribution in [0.4, 0.5) is 0 Å². The van der Waals surface area contributed by atoms with Gasteiger partial charge in [0.15, 0.2) is 5.16 Å². The quantitative estimate of drug-likeness (QED) is 0.631. The lowest BCUT2D eigenvalue weighted by molar-refractivity contribution is -0.119. The topological polar surface area (TPSA) is 74.8 Å². The zero-order chi connectivity index (χ0) is 17.3. The van der Waals surface area contributed by atoms with E-state index in [1.54, 1.807) is 11.3 Å². The molecule has 0 bridgehead atoms. The van der Waals surface area contributed by atoms with Crippen LogP contribution in [0.15, 0.2) is 9.95 Å². The van der Waals surface area contributed by atoms with E-state index in [2.05, 4.69) is 22.2 Å². The Kier molecular flexibility index (Phi) is 5.30. The smallest absolute Gasteiger partial charge is 0.260 e. The van der Waals surface area contributed by atoms with Crippen LogP contribution in [0.2, 0.25) is 0 Å². The molecule has 0 spiro atoms. The highest BCUT2D eigenvalue weighted by atomic mass is 32.2. The van der Waals surface area contributed by atoms with Crippen molar-refractivity contribution < 1.29 is 4.79 Å². The molecule has 2 N–H and O–H groups in total. The van der Waals surface area contributed by atoms with Crippen LogP contribution in [0.3, 0.4) is 0 Å². The third-order valence-electron chi connectivity index (χ3n) is 4.50. The molecule has 2 aromatic heterocycles. The molecule has 0 aromatic carbocycles. The summed E-state index contributed by atoms with van der Waals surface area (Å²) in [5.74, 6) is 0.903. The van der Waals surface area contributed by atoms with Gasteiger partial charge < -0.3 is 10.3 Å². The van der Waals surface area contributed by atoms with Crippen molar-refractivity contribution in [1.82, 2.24) is 15.3 Å². The highest BCUT2D eigenvalue weighted by Gasteiger charge is 2.23. The number of thiophene rings is 1. The summed E-state index contributed by atoms with van der Waals surface area (Å²) in [5, 5.41) is 4.21. The van der Waals surface area contributed by atoms with Gasteiger partial charge in [-0.2, -0.15) is 0 Å². The number of nitrogens with zero attached hydrogens (tertiary/aromatic N) is 1. The van der Waals surface area contributed by atoms with Gasteiger partial charge in [0.2, 0.25) is 5.91 Å². The summed E-state index contributed by atoms with van der Waals surface area (Å²) in [6.45, 7) is 6.26. The minimum Gasteiger partial charge on any atom is -0.353 e. The number of aromatic amines is 1. The van der Waals surface area contributed by atoms with E-state index >= 15 is 0 Å². The molecule has 0 saturated heterocycles. The Bertz CT molecular complexity index is 812. The summed E-state index contributed by atoms with van der Waals surface area (Å²) in [6.07, 6.45) is 4.03. The van der Waals surface area contributed by atoms with Gasteiger partial charge in [0, 0.05) is 10.9 Å². The van der Waals surface area contributed by atoms with Crippen LogP contribution < -0.4 is 10.9 Å². The number of aromatic nitrogens is 2. The van der Waals surface area contributed by atoms with Gasteiger partial charge in [-0.25, -0.2) is 4.98 Å². The first-order chi connectivity index (χ1) is 11.5. The Morgan fingerprint density at radius 3 is 3.08 bits per heavy atom. The predicted octanol–water partition coefficient (Wildman–Crippen LogP) is 3.12. The summed E-state index contributed by atoms with van der Waals surface area (Å²) in [6, 6.07) is 0.165. The minimum absolute atomic E-state index is 0.0311. The molecule has 3 rings (SSSR count). The van der Waals surface area contributed by atoms with Crippen LogP contribution in [-0.2, 0) is 17.6 Å². The van der Waals surface area contributed by atoms with E-state index in [4.69, 9.17) is 0 Å². The minimum atomic E-state index is -0.0723. The number of rotatable bonds is 5. The molecule has 0 radical (unpaired) electrons. The van der Waals surface area contributed by atoms with Gasteiger partial charge in [0.1, 0.15) is 4.83 Å². The lowest BCUT2D eigenvalue weighted by atomic mass is 9.89. The third-order valence-corrected chi connectivity index (χ3v) is 6.52. The zero-order valence-corrected chi connectivity index (χ0v) is 15.9. The van der Waals surface area contributed by atoms with E-state index < -0.39 is 0 Å². The van der Waals surface area contributed by atoms with Gasteiger partial charge in [0.25, 0.3) is 5.56 Å². The van der Waals surface area contributed by atoms with Gasteiger partial charge in [-0.3, -0.25) is 9.59 Å². The van der Waals surface area contributed by atoms with E-state index in [0.29, 0.717) is 11.1 Å². The molecule has 7 heteroatoms. The average molecular weight is 366 g/mol. The fourth-order valence-electron chi connectivity index (χ4n) is 2.95. The Hall–Kier alpha value is -1.34. The molecule has 2 atom stereocenters. The molecule has 1 aliphatic carbocycles. The SMILES string of the molecule is CC[C@H](C)NC(=O)CSc1nc2sc3c(c2c(=O)[nH]1)CC[C@H](C)C3. The molecule has 1 aliphatic rings. The van der Waals surface area contributed by atoms with Crippen LogP contribution in [-0.4, -0.2) is 27.7 Å². The second kappa shape index (κ2) is 7.27. The number of aryl methyl sites for hydroxylation is 1. The molecule has 1 amide bonds. The number of nitrogens with one attached hydrogen (secondary N) is 2. The number of carbonyl (C=O) groups excluding carboxylic acids is 1. The van der Waals surface area contributed by atoms with Crippen molar-refractivity contribution in [1.29, 1.82) is 0 Å². The Morgan fingerprint density at radius 2 is 2.33 bits per heavy atom. The second-order valence-corrected chi connectivity index (χ2v) is 8.62. The van der Waals surface area contributed by atoms with Crippen LogP contribution in [0, 0.1) is 5.92 Å². The van der Waals surface area contributed by atoms with Crippen molar-refractivity contribution in [2.45, 2.75) is 57.7 Å². The number of hydrogen-bond donors (Lipinski definition) is 2. The van der Waals surface area contributed by atoms with Gasteiger partial charge >= 0.3 is 0 Å². The molecule has 0 fully saturated rings. The van der Waals surface area contributed by atoms with Crippen molar-refractivity contribution in [3.63, 3.8) is 0 Å². The predicted molar refractivity (Wildman–Crippen MR) is 100 cm³/mol. The number of carbonyl (C=O) groups is 1. The number of H-pyrrole nitrogens is 1. The first-order valence-corrected chi connectivity index (χ1v) is 10.2. The number of hydrogen-bond acceptors (Lipinski definition) is 5. The van der Waals surface area contributed by atoms with Gasteiger partial charge in [-0.05, 0) is 44.1 Å². The Morgan fingerprint density at radius 1 is 1.54 bits per heavy atom. The van der Waals surface area contributed by atoms with Gasteiger partial charge in [0.05, 0.1) is 11.1 Å². The standard InChI is InChI=1S/C17H23N3O2S2/c1-4-10(3)18-13(21)8-23-17-19-15(22)14-11-6-5-9(2)7-12(11)24-16(14)20-17/h9-10H,4-8H2,1-3H3,(H,18,21)(H,19,20,22)/t9-,10-/m0/s1. The average Bonchev–Trinajstić information content (AvgIpc) is 2.90. The van der Waals surface area contributed by atoms with E-state index in [0.717, 1.165) is 35.9 Å². The summed E-state index contributed by atoms with van der Waals surface area (Å²) >= 11 is 2.92. The lowest BCUT2D eigenvalue weighted by Crippen LogP contribution is -2.33. The van der Waals surface area contributed by atoms with Crippen LogP contribution in [0.5, 0.6) is 0 Å². The van der Waals surface area contributed by atoms with E-state index in [1.165, 1.54) is 22.2 Å². The van der Waals surface area contributed by atoms with E-state index in [-0.39, 0.29) is 23.3 Å². The highest BCUT2D eigenvalue weighted by Crippen LogP contribution is 2.36. The van der Waals surface area contributed by atoms with Gasteiger partial charge in [-0.15, -0.1) is 11.3 Å². The fourth-order valence-corrected chi connectivity index (χ4v) is 5.06. The first kappa shape index (κ1) is 17.5. The molecule has 24 heavy (non-hydrogen) atoms. The maximum absolute atomic E-state index is 12.5. The number of amides is 1. The van der Waals surface area contributed by atoms with Gasteiger partial charge in [-0.1, -0.05) is 25.6 Å². The Labute approximate surface area is 149 Å². The second-order valence-electron chi connectivity index (χ2n) is 6.57. The monoisotopic (exact) mass is 365 g/mol. The zero-order valence-electron chi connectivity index (χ0n) is 14.3. The first-order valence-electron chi connectivity index (χ1n) is 8.44. The molecule has 5 nitrogen and oxygen atoms in total. The van der Waals surface area contributed by atoms with E-state index in [1.807, 2.05) is 13.8 Å². The number of thioether (sulfide) groups is 1. The third kappa shape index (κ3) is 3.67. The van der Waals surface area contributed by atoms with Crippen LogP contribution in [0.25, 0.3) is 10.2 Å². The molecular weight excluding hydrogens is 342 g/mol. The largest absolute Gasteiger partial charge is 0.353 e. The van der Waals surface area contributed by atoms with Crippen molar-refractivity contribution in [2.75, 3.05) is 5.75 Å². The van der Waals surface area contributed by atoms with Crippen molar-refractivity contribution in [3.05, 3.63) is 20.8 Å². The normalized spacial score (nSPS) is 18.4. The highest BCUT2D eigenvalue weighted by molar-refractivity contribution is 7.99. The van der Waals surface area contributed by atoms with Crippen LogP contribution >= 0.6 is 23.1 Å². The Balaban J connectivity index is 1.79. The molecule has 2 aromatic rings. The molecule has 2 heterocycles. The molecule has 130 valence electrons. The number of fused-ring (bicyclic) bond motifs is 3. The molecular formula is C17H23N3O2S2.